The van der Waals surface area contributed by atoms with Crippen molar-refractivity contribution in [3.05, 3.63) is 0 Å². The monoisotopic (exact) mass is 214 g/mol. The van der Waals surface area contributed by atoms with Gasteiger partial charge in [-0.15, -0.1) is 0 Å². The lowest BCUT2D eigenvalue weighted by Gasteiger charge is -2.31. The van der Waals surface area contributed by atoms with E-state index in [1.54, 1.807) is 0 Å². The molecule has 0 radical (unpaired) electrons. The second-order valence-electron chi connectivity index (χ2n) is 5.23. The quantitative estimate of drug-likeness (QED) is 0.665. The van der Waals surface area contributed by atoms with Crippen LogP contribution in [0.4, 0.5) is 0 Å². The van der Waals surface area contributed by atoms with Crippen LogP contribution in [0.2, 0.25) is 0 Å². The van der Waals surface area contributed by atoms with E-state index in [1.165, 1.54) is 19.3 Å². The van der Waals surface area contributed by atoms with Gasteiger partial charge < -0.3 is 15.3 Å². The van der Waals surface area contributed by atoms with Crippen LogP contribution in [-0.4, -0.2) is 48.8 Å². The molecule has 0 bridgehead atoms. The van der Waals surface area contributed by atoms with Gasteiger partial charge in [0.05, 0.1) is 6.10 Å². The van der Waals surface area contributed by atoms with Gasteiger partial charge in [-0.1, -0.05) is 20.3 Å². The molecule has 0 aromatic heterocycles. The van der Waals surface area contributed by atoms with Crippen molar-refractivity contribution in [2.24, 2.45) is 5.92 Å². The van der Waals surface area contributed by atoms with Crippen LogP contribution in [0.3, 0.4) is 0 Å². The molecule has 3 nitrogen and oxygen atoms in total. The Kier molecular flexibility index (Phi) is 5.58. The average molecular weight is 214 g/mol. The highest BCUT2D eigenvalue weighted by Crippen LogP contribution is 2.26. The van der Waals surface area contributed by atoms with E-state index in [0.717, 1.165) is 19.0 Å². The van der Waals surface area contributed by atoms with Crippen molar-refractivity contribution in [2.45, 2.75) is 45.3 Å². The van der Waals surface area contributed by atoms with E-state index in [2.05, 4.69) is 31.1 Å². The number of hydrogen-bond donors (Lipinski definition) is 2. The summed E-state index contributed by atoms with van der Waals surface area (Å²) in [6.45, 7) is 6.84. The normalized spacial score (nSPS) is 19.6. The van der Waals surface area contributed by atoms with E-state index in [1.807, 2.05) is 0 Å². The van der Waals surface area contributed by atoms with Crippen molar-refractivity contribution in [3.8, 4) is 0 Å². The molecule has 1 aliphatic rings. The highest BCUT2D eigenvalue weighted by Gasteiger charge is 2.19. The molecule has 15 heavy (non-hydrogen) atoms. The Balaban J connectivity index is 2.04. The average Bonchev–Trinajstić information content (AvgIpc) is 2.08. The third-order valence-corrected chi connectivity index (χ3v) is 3.08. The third-order valence-electron chi connectivity index (χ3n) is 3.08. The Hall–Kier alpha value is -0.120. The number of nitrogens with zero attached hydrogens (tertiary/aromatic N) is 1. The molecule has 1 atom stereocenters. The van der Waals surface area contributed by atoms with Crippen molar-refractivity contribution in [1.29, 1.82) is 0 Å². The van der Waals surface area contributed by atoms with Gasteiger partial charge in [0.15, 0.2) is 0 Å². The van der Waals surface area contributed by atoms with Crippen LogP contribution in [0, 0.1) is 5.92 Å². The Bertz CT molecular complexity index is 169. The van der Waals surface area contributed by atoms with Gasteiger partial charge in [0.1, 0.15) is 0 Å². The lowest BCUT2D eigenvalue weighted by Crippen LogP contribution is -2.40. The van der Waals surface area contributed by atoms with E-state index >= 15 is 0 Å². The van der Waals surface area contributed by atoms with Crippen molar-refractivity contribution >= 4 is 0 Å². The Morgan fingerprint density at radius 1 is 1.40 bits per heavy atom. The predicted octanol–water partition coefficient (Wildman–Crippen LogP) is 1.08. The maximum Gasteiger partial charge on any atom is 0.0791 e. The van der Waals surface area contributed by atoms with Crippen LogP contribution in [0.25, 0.3) is 0 Å². The minimum absolute atomic E-state index is 0.238. The van der Waals surface area contributed by atoms with Crippen LogP contribution < -0.4 is 5.32 Å². The maximum atomic E-state index is 9.77. The van der Waals surface area contributed by atoms with Gasteiger partial charge in [0.25, 0.3) is 0 Å². The van der Waals surface area contributed by atoms with E-state index < -0.39 is 0 Å². The molecule has 0 spiro atoms. The fourth-order valence-corrected chi connectivity index (χ4v) is 1.99. The first kappa shape index (κ1) is 12.9. The van der Waals surface area contributed by atoms with Crippen LogP contribution in [0.5, 0.6) is 0 Å². The molecule has 1 unspecified atom stereocenters. The number of aliphatic hydroxyl groups excluding tert-OH is 1. The van der Waals surface area contributed by atoms with Crippen LogP contribution >= 0.6 is 0 Å². The SMILES string of the molecule is CC(C)NCC(O)CN(C)CC1CCC1. The first-order valence-corrected chi connectivity index (χ1v) is 6.18. The van der Waals surface area contributed by atoms with Gasteiger partial charge in [-0.25, -0.2) is 0 Å². The zero-order chi connectivity index (χ0) is 11.3. The largest absolute Gasteiger partial charge is 0.390 e. The van der Waals surface area contributed by atoms with Crippen LogP contribution in [-0.2, 0) is 0 Å². The van der Waals surface area contributed by atoms with Crippen molar-refractivity contribution in [3.63, 3.8) is 0 Å². The van der Waals surface area contributed by atoms with Gasteiger partial charge in [-0.2, -0.15) is 0 Å². The molecule has 0 aliphatic heterocycles. The zero-order valence-electron chi connectivity index (χ0n) is 10.4. The van der Waals surface area contributed by atoms with Gasteiger partial charge >= 0.3 is 0 Å². The van der Waals surface area contributed by atoms with E-state index in [0.29, 0.717) is 12.6 Å². The van der Waals surface area contributed by atoms with Crippen molar-refractivity contribution < 1.29 is 5.11 Å². The molecule has 2 N–H and O–H groups in total. The summed E-state index contributed by atoms with van der Waals surface area (Å²) in [7, 11) is 2.11. The number of nitrogens with one attached hydrogen (secondary N) is 1. The van der Waals surface area contributed by atoms with Crippen LogP contribution in [0.15, 0.2) is 0 Å². The lowest BCUT2D eigenvalue weighted by molar-refractivity contribution is 0.104. The first-order valence-electron chi connectivity index (χ1n) is 6.18. The lowest BCUT2D eigenvalue weighted by atomic mass is 9.85. The Morgan fingerprint density at radius 2 is 2.07 bits per heavy atom. The molecule has 1 saturated carbocycles. The number of aliphatic hydroxyl groups is 1. The number of hydrogen-bond acceptors (Lipinski definition) is 3. The summed E-state index contributed by atoms with van der Waals surface area (Å²) in [5.41, 5.74) is 0. The smallest absolute Gasteiger partial charge is 0.0791 e. The molecule has 1 aliphatic carbocycles. The minimum atomic E-state index is -0.238. The van der Waals surface area contributed by atoms with Gasteiger partial charge in [-0.05, 0) is 25.8 Å². The molecule has 0 amide bonds. The summed E-state index contributed by atoms with van der Waals surface area (Å²) in [6.07, 6.45) is 3.92. The molecule has 0 saturated heterocycles. The summed E-state index contributed by atoms with van der Waals surface area (Å²) in [6, 6.07) is 0.455. The second kappa shape index (κ2) is 6.46. The summed E-state index contributed by atoms with van der Waals surface area (Å²) in [5.74, 6) is 0.889. The van der Waals surface area contributed by atoms with E-state index in [-0.39, 0.29) is 6.10 Å². The fourth-order valence-electron chi connectivity index (χ4n) is 1.99. The minimum Gasteiger partial charge on any atom is -0.390 e. The molecule has 0 aromatic rings. The molecular formula is C12H26N2O. The molecule has 0 heterocycles. The third kappa shape index (κ3) is 5.50. The van der Waals surface area contributed by atoms with E-state index in [9.17, 15) is 5.11 Å². The molecule has 3 heteroatoms. The molecule has 1 rings (SSSR count). The first-order chi connectivity index (χ1) is 7.08. The van der Waals surface area contributed by atoms with Gasteiger partial charge in [0.2, 0.25) is 0 Å². The topological polar surface area (TPSA) is 35.5 Å². The van der Waals surface area contributed by atoms with Gasteiger partial charge in [0, 0.05) is 25.7 Å². The Labute approximate surface area is 93.9 Å². The zero-order valence-corrected chi connectivity index (χ0v) is 10.4. The molecule has 90 valence electrons. The molecule has 1 fully saturated rings. The standard InChI is InChI=1S/C12H26N2O/c1-10(2)13-7-12(15)9-14(3)8-11-5-4-6-11/h10-13,15H,4-9H2,1-3H3. The Morgan fingerprint density at radius 3 is 2.53 bits per heavy atom. The predicted molar refractivity (Wildman–Crippen MR) is 64.0 cm³/mol. The van der Waals surface area contributed by atoms with E-state index in [4.69, 9.17) is 0 Å². The highest BCUT2D eigenvalue weighted by molar-refractivity contribution is 4.74. The maximum absolute atomic E-state index is 9.77. The molecule has 0 aromatic carbocycles. The summed E-state index contributed by atoms with van der Waals surface area (Å²) in [5, 5.41) is 13.0. The van der Waals surface area contributed by atoms with Crippen molar-refractivity contribution in [1.82, 2.24) is 10.2 Å². The summed E-state index contributed by atoms with van der Waals surface area (Å²) in [4.78, 5) is 2.26. The number of likely N-dealkylation sites (N-methyl/N-ethyl adjacent to an activating group) is 1. The van der Waals surface area contributed by atoms with Crippen molar-refractivity contribution in [2.75, 3.05) is 26.7 Å². The second-order valence-corrected chi connectivity index (χ2v) is 5.23. The summed E-state index contributed by atoms with van der Waals surface area (Å²) < 4.78 is 0. The van der Waals surface area contributed by atoms with Gasteiger partial charge in [-0.3, -0.25) is 0 Å². The molecular weight excluding hydrogens is 188 g/mol. The number of rotatable bonds is 7. The highest BCUT2D eigenvalue weighted by atomic mass is 16.3. The summed E-state index contributed by atoms with van der Waals surface area (Å²) >= 11 is 0. The fraction of sp³-hybridized carbons (Fsp3) is 1.00. The van der Waals surface area contributed by atoms with Crippen LogP contribution in [0.1, 0.15) is 33.1 Å².